The molecule has 132 valence electrons. The molecule has 5 nitrogen and oxygen atoms in total. The number of carbonyl (C=O) groups excluding carboxylic acids is 1. The molecule has 1 saturated heterocycles. The topological polar surface area (TPSA) is 66.8 Å². The molecule has 1 N–H and O–H groups in total. The molecule has 1 aromatic rings. The van der Waals surface area contributed by atoms with Crippen molar-refractivity contribution in [2.45, 2.75) is 51.7 Å². The second-order valence-electron chi connectivity index (χ2n) is 7.26. The molecule has 6 heteroatoms. The van der Waals surface area contributed by atoms with Crippen molar-refractivity contribution in [3.63, 3.8) is 0 Å². The van der Waals surface area contributed by atoms with Gasteiger partial charge in [-0.15, -0.1) is 0 Å². The average Bonchev–Trinajstić information content (AvgIpc) is 2.47. The third-order valence-corrected chi connectivity index (χ3v) is 4.56. The molecule has 0 unspecified atom stereocenters. The van der Waals surface area contributed by atoms with E-state index in [-0.39, 0.29) is 5.92 Å². The Morgan fingerprint density at radius 1 is 1.25 bits per heavy atom. The molecule has 1 fully saturated rings. The molecule has 1 aliphatic rings. The third-order valence-electron chi connectivity index (χ3n) is 4.03. The fraction of sp³-hybridized carbons (Fsp3) is 0.556. The summed E-state index contributed by atoms with van der Waals surface area (Å²) in [6.45, 7) is 5.75. The van der Waals surface area contributed by atoms with Crippen LogP contribution in [0.4, 0.5) is 4.79 Å². The summed E-state index contributed by atoms with van der Waals surface area (Å²) in [5, 5.41) is 9.41. The van der Waals surface area contributed by atoms with Crippen molar-refractivity contribution in [2.75, 3.05) is 6.54 Å². The molecule has 1 amide bonds. The lowest BCUT2D eigenvalue weighted by atomic mass is 9.88. The first-order valence-corrected chi connectivity index (χ1v) is 8.92. The van der Waals surface area contributed by atoms with Gasteiger partial charge in [-0.1, -0.05) is 28.1 Å². The summed E-state index contributed by atoms with van der Waals surface area (Å²) < 4.78 is 6.41. The number of rotatable bonds is 3. The van der Waals surface area contributed by atoms with Crippen LogP contribution in [-0.2, 0) is 16.0 Å². The first-order chi connectivity index (χ1) is 11.2. The van der Waals surface area contributed by atoms with Crippen LogP contribution in [0.25, 0.3) is 0 Å². The molecule has 0 radical (unpaired) electrons. The number of likely N-dealkylation sites (tertiary alicyclic amines) is 1. The minimum atomic E-state index is -0.969. The van der Waals surface area contributed by atoms with Crippen molar-refractivity contribution in [1.29, 1.82) is 0 Å². The van der Waals surface area contributed by atoms with Gasteiger partial charge in [-0.3, -0.25) is 4.90 Å². The predicted octanol–water partition coefficient (Wildman–Crippen LogP) is 4.09. The highest BCUT2D eigenvalue weighted by atomic mass is 79.9. The van der Waals surface area contributed by atoms with E-state index < -0.39 is 23.7 Å². The van der Waals surface area contributed by atoms with Gasteiger partial charge in [0.05, 0.1) is 0 Å². The molecular formula is C18H24BrNO4. The number of amides is 1. The molecule has 0 aromatic heterocycles. The molecule has 24 heavy (non-hydrogen) atoms. The highest BCUT2D eigenvalue weighted by molar-refractivity contribution is 9.10. The maximum atomic E-state index is 12.4. The van der Waals surface area contributed by atoms with Crippen LogP contribution in [0.1, 0.15) is 39.2 Å². The van der Waals surface area contributed by atoms with Crippen LogP contribution < -0.4 is 0 Å². The highest BCUT2D eigenvalue weighted by Crippen LogP contribution is 2.27. The lowest BCUT2D eigenvalue weighted by molar-refractivity contribution is -0.145. The van der Waals surface area contributed by atoms with Crippen molar-refractivity contribution >= 4 is 28.0 Å². The number of halogens is 1. The van der Waals surface area contributed by atoms with Crippen molar-refractivity contribution in [3.8, 4) is 0 Å². The summed E-state index contributed by atoms with van der Waals surface area (Å²) in [6.07, 6.45) is 1.51. The van der Waals surface area contributed by atoms with Crippen LogP contribution in [-0.4, -0.2) is 40.3 Å². The number of carbonyl (C=O) groups is 2. The Morgan fingerprint density at radius 3 is 2.42 bits per heavy atom. The molecule has 0 bridgehead atoms. The lowest BCUT2D eigenvalue weighted by Gasteiger charge is -2.38. The van der Waals surface area contributed by atoms with Crippen LogP contribution in [0.5, 0.6) is 0 Å². The quantitative estimate of drug-likeness (QED) is 0.833. The van der Waals surface area contributed by atoms with Crippen LogP contribution in [0.15, 0.2) is 28.7 Å². The number of benzene rings is 1. The van der Waals surface area contributed by atoms with Crippen molar-refractivity contribution < 1.29 is 19.4 Å². The van der Waals surface area contributed by atoms with Crippen LogP contribution >= 0.6 is 15.9 Å². The minimum absolute atomic E-state index is 0.231. The van der Waals surface area contributed by atoms with Gasteiger partial charge < -0.3 is 9.84 Å². The van der Waals surface area contributed by atoms with Gasteiger partial charge in [0.15, 0.2) is 0 Å². The molecule has 1 aliphatic heterocycles. The maximum Gasteiger partial charge on any atom is 0.411 e. The standard InChI is InChI=1S/C18H24BrNO4/c1-18(2,3)24-17(23)20-11-13(6-9-15(20)16(21)22)10-12-4-7-14(19)8-5-12/h4-5,7-8,13,15H,6,9-11H2,1-3H3,(H,21,22)/t13-,15+/m0/s1. The highest BCUT2D eigenvalue weighted by Gasteiger charge is 2.38. The number of hydrogen-bond acceptors (Lipinski definition) is 3. The monoisotopic (exact) mass is 397 g/mol. The molecule has 0 saturated carbocycles. The normalized spacial score (nSPS) is 21.4. The number of hydrogen-bond donors (Lipinski definition) is 1. The van der Waals surface area contributed by atoms with E-state index in [2.05, 4.69) is 15.9 Å². The fourth-order valence-electron chi connectivity index (χ4n) is 2.95. The van der Waals surface area contributed by atoms with Crippen LogP contribution in [0.2, 0.25) is 0 Å². The zero-order valence-electron chi connectivity index (χ0n) is 14.3. The Balaban J connectivity index is 2.08. The van der Waals surface area contributed by atoms with E-state index in [1.165, 1.54) is 10.5 Å². The lowest BCUT2D eigenvalue weighted by Crippen LogP contribution is -2.52. The molecule has 0 aliphatic carbocycles. The van der Waals surface area contributed by atoms with Gasteiger partial charge in [0.25, 0.3) is 0 Å². The predicted molar refractivity (Wildman–Crippen MR) is 94.9 cm³/mol. The summed E-state index contributed by atoms with van der Waals surface area (Å²) in [5.41, 5.74) is 0.541. The summed E-state index contributed by atoms with van der Waals surface area (Å²) in [6, 6.07) is 7.27. The molecular weight excluding hydrogens is 374 g/mol. The van der Waals surface area contributed by atoms with Gasteiger partial charge >= 0.3 is 12.1 Å². The van der Waals surface area contributed by atoms with Crippen molar-refractivity contribution in [2.24, 2.45) is 5.92 Å². The fourth-order valence-corrected chi connectivity index (χ4v) is 3.21. The first-order valence-electron chi connectivity index (χ1n) is 8.12. The number of piperidine rings is 1. The summed E-state index contributed by atoms with van der Waals surface area (Å²) >= 11 is 3.42. The van der Waals surface area contributed by atoms with Gasteiger partial charge in [0.1, 0.15) is 11.6 Å². The Labute approximate surface area is 151 Å². The van der Waals surface area contributed by atoms with E-state index in [0.717, 1.165) is 17.3 Å². The van der Waals surface area contributed by atoms with Gasteiger partial charge in [-0.25, -0.2) is 9.59 Å². The molecule has 1 heterocycles. The van der Waals surface area contributed by atoms with E-state index >= 15 is 0 Å². The number of carboxylic acids is 1. The van der Waals surface area contributed by atoms with E-state index in [1.54, 1.807) is 20.8 Å². The van der Waals surface area contributed by atoms with E-state index in [9.17, 15) is 14.7 Å². The SMILES string of the molecule is CC(C)(C)OC(=O)N1C[C@H](Cc2ccc(Br)cc2)CC[C@@H]1C(=O)O. The second kappa shape index (κ2) is 7.55. The zero-order valence-corrected chi connectivity index (χ0v) is 15.9. The average molecular weight is 398 g/mol. The molecule has 0 spiro atoms. The molecule has 2 rings (SSSR count). The third kappa shape index (κ3) is 5.23. The van der Waals surface area contributed by atoms with Crippen LogP contribution in [0, 0.1) is 5.92 Å². The van der Waals surface area contributed by atoms with Gasteiger partial charge in [0.2, 0.25) is 0 Å². The summed E-state index contributed by atoms with van der Waals surface area (Å²) in [5.74, 6) is -0.739. The number of nitrogens with zero attached hydrogens (tertiary/aromatic N) is 1. The Morgan fingerprint density at radius 2 is 1.88 bits per heavy atom. The van der Waals surface area contributed by atoms with Crippen molar-refractivity contribution in [1.82, 2.24) is 4.90 Å². The number of carboxylic acid groups (broad SMARTS) is 1. The van der Waals surface area contributed by atoms with Gasteiger partial charge in [-0.2, -0.15) is 0 Å². The molecule has 1 aromatic carbocycles. The Hall–Kier alpha value is -1.56. The number of ether oxygens (including phenoxy) is 1. The largest absolute Gasteiger partial charge is 0.480 e. The second-order valence-corrected chi connectivity index (χ2v) is 8.18. The van der Waals surface area contributed by atoms with E-state index in [4.69, 9.17) is 4.74 Å². The first kappa shape index (κ1) is 18.8. The van der Waals surface area contributed by atoms with Crippen molar-refractivity contribution in [3.05, 3.63) is 34.3 Å². The zero-order chi connectivity index (χ0) is 17.9. The van der Waals surface area contributed by atoms with Crippen LogP contribution in [0.3, 0.4) is 0 Å². The Bertz CT molecular complexity index is 594. The summed E-state index contributed by atoms with van der Waals surface area (Å²) in [4.78, 5) is 25.3. The Kier molecular flexibility index (Phi) is 5.91. The molecule has 2 atom stereocenters. The van der Waals surface area contributed by atoms with Gasteiger partial charge in [-0.05, 0) is 63.6 Å². The van der Waals surface area contributed by atoms with E-state index in [0.29, 0.717) is 13.0 Å². The number of aliphatic carboxylic acids is 1. The maximum absolute atomic E-state index is 12.4. The minimum Gasteiger partial charge on any atom is -0.480 e. The van der Waals surface area contributed by atoms with E-state index in [1.807, 2.05) is 24.3 Å². The van der Waals surface area contributed by atoms with Gasteiger partial charge in [0, 0.05) is 11.0 Å². The summed E-state index contributed by atoms with van der Waals surface area (Å²) in [7, 11) is 0. The smallest absolute Gasteiger partial charge is 0.411 e.